The lowest BCUT2D eigenvalue weighted by Crippen LogP contribution is -2.16. The molecule has 24 heavy (non-hydrogen) atoms. The van der Waals surface area contributed by atoms with E-state index in [1.54, 1.807) is 25.3 Å². The molecule has 0 saturated carbocycles. The molecule has 128 valence electrons. The van der Waals surface area contributed by atoms with Gasteiger partial charge in [0.25, 0.3) is 0 Å². The summed E-state index contributed by atoms with van der Waals surface area (Å²) in [5, 5.41) is 6.55. The summed E-state index contributed by atoms with van der Waals surface area (Å²) in [6.45, 7) is 4.90. The molecule has 0 bridgehead atoms. The molecule has 0 aliphatic carbocycles. The Kier molecular flexibility index (Phi) is 6.50. The quantitative estimate of drug-likeness (QED) is 0.748. The van der Waals surface area contributed by atoms with Gasteiger partial charge < -0.3 is 15.4 Å². The molecule has 0 unspecified atom stereocenters. The van der Waals surface area contributed by atoms with Crippen LogP contribution in [0.1, 0.15) is 31.7 Å². The molecule has 2 aromatic carbocycles. The third-order valence-electron chi connectivity index (χ3n) is 3.69. The molecule has 5 heteroatoms. The average molecular weight is 347 g/mol. The minimum atomic E-state index is -0.0671. The lowest BCUT2D eigenvalue weighted by atomic mass is 10.0. The van der Waals surface area contributed by atoms with Gasteiger partial charge in [-0.2, -0.15) is 0 Å². The first-order chi connectivity index (χ1) is 11.5. The number of amides is 1. The topological polar surface area (TPSA) is 50.4 Å². The van der Waals surface area contributed by atoms with Gasteiger partial charge in [0, 0.05) is 24.3 Å². The van der Waals surface area contributed by atoms with Gasteiger partial charge in [-0.25, -0.2) is 0 Å². The Hall–Kier alpha value is -2.20. The number of ether oxygens (including phenoxy) is 1. The van der Waals surface area contributed by atoms with Crippen molar-refractivity contribution in [2.75, 3.05) is 24.3 Å². The van der Waals surface area contributed by atoms with E-state index < -0.39 is 0 Å². The van der Waals surface area contributed by atoms with Gasteiger partial charge in [0.05, 0.1) is 12.1 Å². The summed E-state index contributed by atoms with van der Waals surface area (Å²) < 4.78 is 5.09. The van der Waals surface area contributed by atoms with Gasteiger partial charge in [0.1, 0.15) is 5.75 Å². The summed E-state index contributed by atoms with van der Waals surface area (Å²) in [5.41, 5.74) is 2.97. The van der Waals surface area contributed by atoms with Gasteiger partial charge in [0.15, 0.2) is 0 Å². The smallest absolute Gasteiger partial charge is 0.226 e. The molecule has 2 N–H and O–H groups in total. The highest BCUT2D eigenvalue weighted by molar-refractivity contribution is 6.32. The Morgan fingerprint density at radius 3 is 2.38 bits per heavy atom. The molecule has 0 saturated heterocycles. The van der Waals surface area contributed by atoms with Crippen molar-refractivity contribution < 1.29 is 9.53 Å². The Morgan fingerprint density at radius 2 is 1.79 bits per heavy atom. The zero-order chi connectivity index (χ0) is 17.5. The molecule has 0 fully saturated rings. The van der Waals surface area contributed by atoms with Crippen LogP contribution in [0, 0.1) is 0 Å². The molecule has 1 amide bonds. The number of methoxy groups -OCH3 is 1. The van der Waals surface area contributed by atoms with Crippen molar-refractivity contribution in [2.24, 2.45) is 0 Å². The van der Waals surface area contributed by atoms with Crippen LogP contribution in [0.2, 0.25) is 5.02 Å². The molecular formula is C19H23ClN2O2. The van der Waals surface area contributed by atoms with Gasteiger partial charge in [0.2, 0.25) is 5.91 Å². The second-order valence-electron chi connectivity index (χ2n) is 5.85. The predicted molar refractivity (Wildman–Crippen MR) is 100 cm³/mol. The molecule has 0 radical (unpaired) electrons. The van der Waals surface area contributed by atoms with Crippen LogP contribution < -0.4 is 15.4 Å². The van der Waals surface area contributed by atoms with Crippen molar-refractivity contribution in [3.63, 3.8) is 0 Å². The van der Waals surface area contributed by atoms with Crippen molar-refractivity contribution in [2.45, 2.75) is 26.2 Å². The number of rotatable bonds is 7. The molecule has 4 nitrogen and oxygen atoms in total. The maximum absolute atomic E-state index is 12.0. The van der Waals surface area contributed by atoms with E-state index in [2.05, 4.69) is 36.6 Å². The van der Waals surface area contributed by atoms with E-state index in [1.165, 1.54) is 5.56 Å². The van der Waals surface area contributed by atoms with E-state index in [0.29, 0.717) is 35.3 Å². The first kappa shape index (κ1) is 18.1. The van der Waals surface area contributed by atoms with E-state index in [9.17, 15) is 4.79 Å². The summed E-state index contributed by atoms with van der Waals surface area (Å²) >= 11 is 6.04. The SMILES string of the molecule is COc1ccc(NC(=O)CCNc2ccc(C(C)C)cc2)cc1Cl. The van der Waals surface area contributed by atoms with Gasteiger partial charge in [-0.05, 0) is 41.8 Å². The average Bonchev–Trinajstić information content (AvgIpc) is 2.55. The van der Waals surface area contributed by atoms with Crippen molar-refractivity contribution in [1.82, 2.24) is 0 Å². The van der Waals surface area contributed by atoms with Crippen LogP contribution >= 0.6 is 11.6 Å². The number of hydrogen-bond donors (Lipinski definition) is 2. The van der Waals surface area contributed by atoms with Gasteiger partial charge in [-0.15, -0.1) is 0 Å². The van der Waals surface area contributed by atoms with Crippen LogP contribution in [0.4, 0.5) is 11.4 Å². The highest BCUT2D eigenvalue weighted by atomic mass is 35.5. The minimum Gasteiger partial charge on any atom is -0.495 e. The number of nitrogens with one attached hydrogen (secondary N) is 2. The summed E-state index contributed by atoms with van der Waals surface area (Å²) in [6.07, 6.45) is 0.371. The van der Waals surface area contributed by atoms with E-state index in [-0.39, 0.29) is 5.91 Å². The van der Waals surface area contributed by atoms with Crippen LogP contribution in [0.15, 0.2) is 42.5 Å². The summed E-state index contributed by atoms with van der Waals surface area (Å²) in [5.74, 6) is 1.03. The van der Waals surface area contributed by atoms with Crippen LogP contribution in [0.3, 0.4) is 0 Å². The van der Waals surface area contributed by atoms with Crippen LogP contribution in [0.25, 0.3) is 0 Å². The molecule has 0 atom stereocenters. The molecule has 0 aromatic heterocycles. The molecule has 0 heterocycles. The normalized spacial score (nSPS) is 10.5. The lowest BCUT2D eigenvalue weighted by molar-refractivity contribution is -0.115. The Labute approximate surface area is 148 Å². The summed E-state index contributed by atoms with van der Waals surface area (Å²) in [7, 11) is 1.55. The third-order valence-corrected chi connectivity index (χ3v) is 3.99. The lowest BCUT2D eigenvalue weighted by Gasteiger charge is -2.10. The summed E-state index contributed by atoms with van der Waals surface area (Å²) in [4.78, 5) is 12.0. The van der Waals surface area contributed by atoms with Crippen molar-refractivity contribution in [3.8, 4) is 5.75 Å². The van der Waals surface area contributed by atoms with Crippen molar-refractivity contribution in [1.29, 1.82) is 0 Å². The number of carbonyl (C=O) groups excluding carboxylic acids is 1. The Morgan fingerprint density at radius 1 is 1.12 bits per heavy atom. The van der Waals surface area contributed by atoms with Crippen molar-refractivity contribution >= 4 is 28.9 Å². The highest BCUT2D eigenvalue weighted by Gasteiger charge is 2.06. The highest BCUT2D eigenvalue weighted by Crippen LogP contribution is 2.27. The minimum absolute atomic E-state index is 0.0671. The van der Waals surface area contributed by atoms with Gasteiger partial charge in [-0.1, -0.05) is 37.6 Å². The first-order valence-corrected chi connectivity index (χ1v) is 8.34. The maximum atomic E-state index is 12.0. The number of carbonyl (C=O) groups is 1. The zero-order valence-electron chi connectivity index (χ0n) is 14.2. The van der Waals surface area contributed by atoms with E-state index >= 15 is 0 Å². The largest absolute Gasteiger partial charge is 0.495 e. The predicted octanol–water partition coefficient (Wildman–Crippen LogP) is 4.91. The number of benzene rings is 2. The zero-order valence-corrected chi connectivity index (χ0v) is 15.0. The van der Waals surface area contributed by atoms with Crippen LogP contribution in [-0.4, -0.2) is 19.6 Å². The fraction of sp³-hybridized carbons (Fsp3) is 0.316. The first-order valence-electron chi connectivity index (χ1n) is 7.97. The second kappa shape index (κ2) is 8.60. The number of halogens is 1. The molecule has 2 rings (SSSR count). The van der Waals surface area contributed by atoms with Crippen LogP contribution in [-0.2, 0) is 4.79 Å². The van der Waals surface area contributed by atoms with E-state index in [1.807, 2.05) is 12.1 Å². The van der Waals surface area contributed by atoms with E-state index in [0.717, 1.165) is 5.69 Å². The number of anilines is 2. The molecule has 0 spiro atoms. The fourth-order valence-electron chi connectivity index (χ4n) is 2.27. The monoisotopic (exact) mass is 346 g/mol. The Balaban J connectivity index is 1.79. The second-order valence-corrected chi connectivity index (χ2v) is 6.26. The van der Waals surface area contributed by atoms with Crippen LogP contribution in [0.5, 0.6) is 5.75 Å². The molecular weight excluding hydrogens is 324 g/mol. The molecule has 0 aliphatic heterocycles. The summed E-state index contributed by atoms with van der Waals surface area (Å²) in [6, 6.07) is 13.5. The Bertz CT molecular complexity index is 684. The standard InChI is InChI=1S/C19H23ClN2O2/c1-13(2)14-4-6-15(7-5-14)21-11-10-19(23)22-16-8-9-18(24-3)17(20)12-16/h4-9,12-13,21H,10-11H2,1-3H3,(H,22,23). The number of hydrogen-bond acceptors (Lipinski definition) is 3. The maximum Gasteiger partial charge on any atom is 0.226 e. The van der Waals surface area contributed by atoms with E-state index in [4.69, 9.17) is 16.3 Å². The third kappa shape index (κ3) is 5.17. The van der Waals surface area contributed by atoms with Gasteiger partial charge in [-0.3, -0.25) is 4.79 Å². The van der Waals surface area contributed by atoms with Crippen molar-refractivity contribution in [3.05, 3.63) is 53.1 Å². The molecule has 2 aromatic rings. The van der Waals surface area contributed by atoms with Gasteiger partial charge >= 0.3 is 0 Å². The fourth-order valence-corrected chi connectivity index (χ4v) is 2.53. The molecule has 0 aliphatic rings.